The summed E-state index contributed by atoms with van der Waals surface area (Å²) in [5.74, 6) is 1.02. The van der Waals surface area contributed by atoms with Gasteiger partial charge in [-0.15, -0.1) is 0 Å². The first-order chi connectivity index (χ1) is 7.58. The van der Waals surface area contributed by atoms with Crippen molar-refractivity contribution in [3.05, 3.63) is 11.8 Å². The van der Waals surface area contributed by atoms with Gasteiger partial charge in [-0.2, -0.15) is 0 Å². The van der Waals surface area contributed by atoms with Gasteiger partial charge in [0.1, 0.15) is 22.4 Å². The van der Waals surface area contributed by atoms with Crippen LogP contribution in [0.2, 0.25) is 0 Å². The highest BCUT2D eigenvalue weighted by atomic mass is 16.4. The second-order valence-electron chi connectivity index (χ2n) is 3.65. The van der Waals surface area contributed by atoms with Crippen LogP contribution in [-0.4, -0.2) is 9.97 Å². The minimum atomic E-state index is 0.414. The molecular weight excluding hydrogens is 208 g/mol. The van der Waals surface area contributed by atoms with Gasteiger partial charge in [-0.3, -0.25) is 0 Å². The number of oxazole rings is 2. The van der Waals surface area contributed by atoms with Gasteiger partial charge in [0.15, 0.2) is 22.9 Å². The van der Waals surface area contributed by atoms with Crippen LogP contribution in [0.15, 0.2) is 8.83 Å². The van der Waals surface area contributed by atoms with Crippen LogP contribution < -0.4 is 11.5 Å². The summed E-state index contributed by atoms with van der Waals surface area (Å²) in [6, 6.07) is 0. The molecule has 82 valence electrons. The number of nitrogens with zero attached hydrogens (tertiary/aromatic N) is 2. The number of nitrogens with two attached hydrogens (primary N) is 2. The van der Waals surface area contributed by atoms with Crippen LogP contribution >= 0.6 is 0 Å². The van der Waals surface area contributed by atoms with Crippen molar-refractivity contribution in [2.24, 2.45) is 0 Å². The molecule has 0 aliphatic heterocycles. The molecule has 16 heavy (non-hydrogen) atoms. The summed E-state index contributed by atoms with van der Waals surface area (Å²) in [6.45, 7) is 3.47. The van der Waals surface area contributed by atoms with E-state index in [4.69, 9.17) is 20.3 Å². The molecule has 4 N–H and O–H groups in total. The predicted molar refractivity (Wildman–Crippen MR) is 59.9 cm³/mol. The minimum Gasteiger partial charge on any atom is -0.439 e. The van der Waals surface area contributed by atoms with Gasteiger partial charge in [-0.1, -0.05) is 0 Å². The van der Waals surface area contributed by atoms with Crippen molar-refractivity contribution in [1.82, 2.24) is 9.97 Å². The van der Waals surface area contributed by atoms with Crippen LogP contribution in [0.25, 0.3) is 22.2 Å². The molecule has 6 heteroatoms. The fourth-order valence-corrected chi connectivity index (χ4v) is 1.80. The van der Waals surface area contributed by atoms with E-state index in [0.717, 1.165) is 0 Å². The summed E-state index contributed by atoms with van der Waals surface area (Å²) in [5, 5.41) is 0. The number of anilines is 2. The molecule has 0 radical (unpaired) electrons. The lowest BCUT2D eigenvalue weighted by Crippen LogP contribution is -1.93. The third-order valence-electron chi connectivity index (χ3n) is 2.47. The molecule has 1 aromatic carbocycles. The Bertz CT molecular complexity index is 596. The average Bonchev–Trinajstić information content (AvgIpc) is 2.78. The summed E-state index contributed by atoms with van der Waals surface area (Å²) in [4.78, 5) is 8.35. The van der Waals surface area contributed by atoms with Crippen molar-refractivity contribution in [3.63, 3.8) is 0 Å². The molecule has 6 nitrogen and oxygen atoms in total. The van der Waals surface area contributed by atoms with Crippen molar-refractivity contribution in [2.45, 2.75) is 13.8 Å². The van der Waals surface area contributed by atoms with Gasteiger partial charge in [0, 0.05) is 13.8 Å². The van der Waals surface area contributed by atoms with Gasteiger partial charge in [0.25, 0.3) is 0 Å². The van der Waals surface area contributed by atoms with Crippen LogP contribution in [0.3, 0.4) is 0 Å². The summed E-state index contributed by atoms with van der Waals surface area (Å²) in [6.07, 6.45) is 0. The number of fused-ring (bicyclic) bond motifs is 2. The van der Waals surface area contributed by atoms with Crippen molar-refractivity contribution >= 4 is 33.6 Å². The molecule has 0 aliphatic rings. The lowest BCUT2D eigenvalue weighted by molar-refractivity contribution is 0.561. The molecule has 0 saturated heterocycles. The van der Waals surface area contributed by atoms with Gasteiger partial charge in [-0.25, -0.2) is 9.97 Å². The Kier molecular flexibility index (Phi) is 1.50. The zero-order valence-electron chi connectivity index (χ0n) is 8.87. The van der Waals surface area contributed by atoms with E-state index in [1.807, 2.05) is 0 Å². The van der Waals surface area contributed by atoms with Gasteiger partial charge in [0.05, 0.1) is 0 Å². The molecule has 0 amide bonds. The molecule has 2 heterocycles. The molecule has 0 fully saturated rings. The summed E-state index contributed by atoms with van der Waals surface area (Å²) in [7, 11) is 0. The highest BCUT2D eigenvalue weighted by Crippen LogP contribution is 2.36. The van der Waals surface area contributed by atoms with Crippen molar-refractivity contribution in [3.8, 4) is 0 Å². The molecule has 3 rings (SSSR count). The maximum absolute atomic E-state index is 5.94. The average molecular weight is 218 g/mol. The van der Waals surface area contributed by atoms with E-state index in [-0.39, 0.29) is 0 Å². The Morgan fingerprint density at radius 3 is 1.56 bits per heavy atom. The van der Waals surface area contributed by atoms with E-state index < -0.39 is 0 Å². The summed E-state index contributed by atoms with van der Waals surface area (Å²) < 4.78 is 10.8. The monoisotopic (exact) mass is 218 g/mol. The molecule has 3 aromatic rings. The normalized spacial score (nSPS) is 11.6. The van der Waals surface area contributed by atoms with Crippen LogP contribution in [0.4, 0.5) is 11.4 Å². The number of hydrogen-bond donors (Lipinski definition) is 2. The Morgan fingerprint density at radius 1 is 0.812 bits per heavy atom. The van der Waals surface area contributed by atoms with E-state index in [1.54, 1.807) is 13.8 Å². The predicted octanol–water partition coefficient (Wildman–Crippen LogP) is 1.75. The number of hydrogen-bond acceptors (Lipinski definition) is 6. The third kappa shape index (κ3) is 0.955. The molecular formula is C10H10N4O2. The van der Waals surface area contributed by atoms with Crippen molar-refractivity contribution in [2.75, 3.05) is 11.5 Å². The lowest BCUT2D eigenvalue weighted by Gasteiger charge is -1.98. The number of aromatic nitrogens is 2. The van der Waals surface area contributed by atoms with Gasteiger partial charge in [0.2, 0.25) is 0 Å². The first kappa shape index (κ1) is 9.02. The molecule has 0 unspecified atom stereocenters. The molecule has 0 atom stereocenters. The molecule has 0 spiro atoms. The van der Waals surface area contributed by atoms with Crippen molar-refractivity contribution < 1.29 is 8.83 Å². The Balaban J connectivity index is 2.63. The van der Waals surface area contributed by atoms with Crippen molar-refractivity contribution in [1.29, 1.82) is 0 Å². The van der Waals surface area contributed by atoms with Crippen LogP contribution in [0, 0.1) is 13.8 Å². The Labute approximate surface area is 90.2 Å². The van der Waals surface area contributed by atoms with E-state index >= 15 is 0 Å². The SMILES string of the molecule is Cc1nc2c(N)c3oc(C)nc3c(N)c2o1. The molecule has 0 saturated carbocycles. The standard InChI is InChI=1S/C10H10N4O2/c1-3-13-7-5(11)10-8(14-4(2)16-10)6(12)9(7)15-3/h11-12H2,1-2H3. The van der Waals surface area contributed by atoms with E-state index in [2.05, 4.69) is 9.97 Å². The largest absolute Gasteiger partial charge is 0.439 e. The zero-order valence-corrected chi connectivity index (χ0v) is 8.87. The number of aryl methyl sites for hydroxylation is 2. The molecule has 0 bridgehead atoms. The summed E-state index contributed by atoms with van der Waals surface area (Å²) >= 11 is 0. The maximum Gasteiger partial charge on any atom is 0.192 e. The highest BCUT2D eigenvalue weighted by molar-refractivity contribution is 6.11. The van der Waals surface area contributed by atoms with Crippen LogP contribution in [0.5, 0.6) is 0 Å². The Hall–Kier alpha value is -2.24. The smallest absolute Gasteiger partial charge is 0.192 e. The maximum atomic E-state index is 5.94. The van der Waals surface area contributed by atoms with Gasteiger partial charge in [-0.05, 0) is 0 Å². The van der Waals surface area contributed by atoms with E-state index in [9.17, 15) is 0 Å². The summed E-state index contributed by atoms with van der Waals surface area (Å²) in [5.41, 5.74) is 14.7. The number of rotatable bonds is 0. The number of benzene rings is 1. The molecule has 2 aromatic heterocycles. The number of nitrogen functional groups attached to an aromatic ring is 2. The quantitative estimate of drug-likeness (QED) is 0.440. The second kappa shape index (κ2) is 2.66. The molecule has 0 aliphatic carbocycles. The van der Waals surface area contributed by atoms with E-state index in [1.165, 1.54) is 0 Å². The van der Waals surface area contributed by atoms with Crippen LogP contribution in [-0.2, 0) is 0 Å². The third-order valence-corrected chi connectivity index (χ3v) is 2.47. The topological polar surface area (TPSA) is 104 Å². The Morgan fingerprint density at radius 2 is 1.19 bits per heavy atom. The highest BCUT2D eigenvalue weighted by Gasteiger charge is 2.19. The first-order valence-corrected chi connectivity index (χ1v) is 4.79. The fraction of sp³-hybridized carbons (Fsp3) is 0.200. The minimum absolute atomic E-state index is 0.414. The second-order valence-corrected chi connectivity index (χ2v) is 3.65. The fourth-order valence-electron chi connectivity index (χ4n) is 1.80. The van der Waals surface area contributed by atoms with E-state index in [0.29, 0.717) is 45.4 Å². The van der Waals surface area contributed by atoms with Gasteiger partial charge >= 0.3 is 0 Å². The lowest BCUT2D eigenvalue weighted by atomic mass is 10.2. The van der Waals surface area contributed by atoms with Gasteiger partial charge < -0.3 is 20.3 Å². The zero-order chi connectivity index (χ0) is 11.4. The first-order valence-electron chi connectivity index (χ1n) is 4.79. The van der Waals surface area contributed by atoms with Crippen LogP contribution in [0.1, 0.15) is 11.8 Å².